The lowest BCUT2D eigenvalue weighted by atomic mass is 10.1. The van der Waals surface area contributed by atoms with Gasteiger partial charge in [-0.15, -0.1) is 0 Å². The highest BCUT2D eigenvalue weighted by molar-refractivity contribution is 6.05. The Kier molecular flexibility index (Phi) is 4.04. The van der Waals surface area contributed by atoms with Crippen molar-refractivity contribution >= 4 is 27.7 Å². The SMILES string of the molecule is CN(Cc1nc2ccccc2c(=O)[nH]1)C(=O)c1cc(=O)[nH]c2ccccc12. The highest BCUT2D eigenvalue weighted by Gasteiger charge is 2.17. The van der Waals surface area contributed by atoms with Crippen molar-refractivity contribution < 1.29 is 4.79 Å². The Bertz CT molecular complexity index is 1290. The summed E-state index contributed by atoms with van der Waals surface area (Å²) in [6.45, 7) is 0.111. The lowest BCUT2D eigenvalue weighted by Gasteiger charge is -2.17. The summed E-state index contributed by atoms with van der Waals surface area (Å²) in [6, 6.07) is 15.4. The Morgan fingerprint density at radius 3 is 2.52 bits per heavy atom. The van der Waals surface area contributed by atoms with E-state index in [4.69, 9.17) is 0 Å². The predicted molar refractivity (Wildman–Crippen MR) is 103 cm³/mol. The van der Waals surface area contributed by atoms with Crippen LogP contribution in [-0.2, 0) is 6.54 Å². The van der Waals surface area contributed by atoms with Crippen LogP contribution in [0.25, 0.3) is 21.8 Å². The summed E-state index contributed by atoms with van der Waals surface area (Å²) in [4.78, 5) is 48.3. The van der Waals surface area contributed by atoms with Gasteiger partial charge in [0.05, 0.1) is 23.0 Å². The minimum absolute atomic E-state index is 0.111. The third-order valence-electron chi connectivity index (χ3n) is 4.38. The lowest BCUT2D eigenvalue weighted by molar-refractivity contribution is 0.0783. The van der Waals surface area contributed by atoms with Gasteiger partial charge in [0.1, 0.15) is 5.82 Å². The molecule has 7 nitrogen and oxygen atoms in total. The number of fused-ring (bicyclic) bond motifs is 2. The zero-order chi connectivity index (χ0) is 19.0. The number of rotatable bonds is 3. The Balaban J connectivity index is 1.70. The normalized spacial score (nSPS) is 11.0. The molecule has 0 radical (unpaired) electrons. The van der Waals surface area contributed by atoms with Crippen LogP contribution >= 0.6 is 0 Å². The van der Waals surface area contributed by atoms with Gasteiger partial charge in [-0.05, 0) is 18.2 Å². The first-order chi connectivity index (χ1) is 13.0. The van der Waals surface area contributed by atoms with Crippen LogP contribution < -0.4 is 11.1 Å². The van der Waals surface area contributed by atoms with Crippen molar-refractivity contribution in [2.45, 2.75) is 6.54 Å². The molecule has 0 saturated heterocycles. The van der Waals surface area contributed by atoms with Crippen molar-refractivity contribution in [1.29, 1.82) is 0 Å². The molecule has 7 heteroatoms. The number of amides is 1. The maximum atomic E-state index is 12.9. The van der Waals surface area contributed by atoms with Gasteiger partial charge in [-0.25, -0.2) is 4.98 Å². The third kappa shape index (κ3) is 3.10. The fourth-order valence-electron chi connectivity index (χ4n) is 3.09. The number of H-pyrrole nitrogens is 2. The maximum Gasteiger partial charge on any atom is 0.258 e. The molecular weight excluding hydrogens is 344 g/mol. The van der Waals surface area contributed by atoms with Gasteiger partial charge in [0.2, 0.25) is 5.56 Å². The second kappa shape index (κ2) is 6.53. The number of carbonyl (C=O) groups excluding carboxylic acids is 1. The van der Waals surface area contributed by atoms with E-state index in [0.29, 0.717) is 33.2 Å². The second-order valence-corrected chi connectivity index (χ2v) is 6.28. The van der Waals surface area contributed by atoms with Crippen LogP contribution in [0.15, 0.2) is 64.2 Å². The second-order valence-electron chi connectivity index (χ2n) is 6.28. The van der Waals surface area contributed by atoms with Gasteiger partial charge in [-0.3, -0.25) is 14.4 Å². The van der Waals surface area contributed by atoms with E-state index in [1.165, 1.54) is 11.0 Å². The zero-order valence-corrected chi connectivity index (χ0v) is 14.5. The van der Waals surface area contributed by atoms with E-state index < -0.39 is 0 Å². The average Bonchev–Trinajstić information content (AvgIpc) is 2.66. The zero-order valence-electron chi connectivity index (χ0n) is 14.5. The number of pyridine rings is 1. The van der Waals surface area contributed by atoms with Crippen molar-refractivity contribution in [2.75, 3.05) is 7.05 Å². The van der Waals surface area contributed by atoms with E-state index in [-0.39, 0.29) is 23.6 Å². The molecule has 0 spiro atoms. The summed E-state index contributed by atoms with van der Waals surface area (Å²) in [7, 11) is 1.60. The molecule has 27 heavy (non-hydrogen) atoms. The monoisotopic (exact) mass is 360 g/mol. The van der Waals surface area contributed by atoms with E-state index >= 15 is 0 Å². The molecule has 0 unspecified atom stereocenters. The van der Waals surface area contributed by atoms with Crippen LogP contribution in [0.5, 0.6) is 0 Å². The number of nitrogens with one attached hydrogen (secondary N) is 2. The number of hydrogen-bond donors (Lipinski definition) is 2. The van der Waals surface area contributed by atoms with Gasteiger partial charge in [0, 0.05) is 24.0 Å². The van der Waals surface area contributed by atoms with E-state index in [1.54, 1.807) is 55.6 Å². The summed E-state index contributed by atoms with van der Waals surface area (Å²) >= 11 is 0. The summed E-state index contributed by atoms with van der Waals surface area (Å²) in [6.07, 6.45) is 0. The summed E-state index contributed by atoms with van der Waals surface area (Å²) in [5.74, 6) is 0.0526. The standard InChI is InChI=1S/C20H16N4O3/c1-24(11-17-21-16-9-5-3-7-13(16)19(26)23-17)20(27)14-10-18(25)22-15-8-4-2-6-12(14)15/h2-10H,11H2,1H3,(H,22,25)(H,21,23,26). The molecule has 0 aliphatic rings. The van der Waals surface area contributed by atoms with Crippen molar-refractivity contribution in [3.05, 3.63) is 86.7 Å². The van der Waals surface area contributed by atoms with Gasteiger partial charge in [0.25, 0.3) is 11.5 Å². The molecule has 0 atom stereocenters. The number of aromatic nitrogens is 3. The number of aromatic amines is 2. The van der Waals surface area contributed by atoms with Crippen LogP contribution in [0, 0.1) is 0 Å². The van der Waals surface area contributed by atoms with Crippen LogP contribution in [0.3, 0.4) is 0 Å². The third-order valence-corrected chi connectivity index (χ3v) is 4.38. The van der Waals surface area contributed by atoms with E-state index in [0.717, 1.165) is 0 Å². The highest BCUT2D eigenvalue weighted by atomic mass is 16.2. The van der Waals surface area contributed by atoms with E-state index in [9.17, 15) is 14.4 Å². The molecule has 1 amide bonds. The van der Waals surface area contributed by atoms with Crippen LogP contribution in [0.4, 0.5) is 0 Å². The molecule has 0 bridgehead atoms. The predicted octanol–water partition coefficient (Wildman–Crippen LogP) is 2.04. The minimum Gasteiger partial charge on any atom is -0.334 e. The number of carbonyl (C=O) groups is 1. The fourth-order valence-corrected chi connectivity index (χ4v) is 3.09. The largest absolute Gasteiger partial charge is 0.334 e. The van der Waals surface area contributed by atoms with Gasteiger partial charge in [-0.1, -0.05) is 30.3 Å². The van der Waals surface area contributed by atoms with Gasteiger partial charge >= 0.3 is 0 Å². The quantitative estimate of drug-likeness (QED) is 0.584. The molecular formula is C20H16N4O3. The number of nitrogens with zero attached hydrogens (tertiary/aromatic N) is 2. The van der Waals surface area contributed by atoms with Crippen LogP contribution in [-0.4, -0.2) is 32.8 Å². The first-order valence-corrected chi connectivity index (χ1v) is 8.38. The summed E-state index contributed by atoms with van der Waals surface area (Å²) in [5, 5.41) is 1.16. The van der Waals surface area contributed by atoms with E-state index in [1.807, 2.05) is 0 Å². The molecule has 0 aliphatic heterocycles. The Hall–Kier alpha value is -3.74. The first-order valence-electron chi connectivity index (χ1n) is 8.38. The molecule has 134 valence electrons. The van der Waals surface area contributed by atoms with Gasteiger partial charge in [0.15, 0.2) is 0 Å². The topological polar surface area (TPSA) is 98.9 Å². The van der Waals surface area contributed by atoms with Crippen molar-refractivity contribution in [3.8, 4) is 0 Å². The summed E-state index contributed by atoms with van der Waals surface area (Å²) in [5.41, 5.74) is 0.874. The molecule has 2 heterocycles. The van der Waals surface area contributed by atoms with Gasteiger partial charge < -0.3 is 14.9 Å². The van der Waals surface area contributed by atoms with Crippen LogP contribution in [0.2, 0.25) is 0 Å². The Morgan fingerprint density at radius 2 is 1.70 bits per heavy atom. The molecule has 4 aromatic rings. The van der Waals surface area contributed by atoms with Crippen LogP contribution in [0.1, 0.15) is 16.2 Å². The maximum absolute atomic E-state index is 12.9. The Labute approximate surface area is 153 Å². The average molecular weight is 360 g/mol. The first kappa shape index (κ1) is 16.7. The van der Waals surface area contributed by atoms with Crippen molar-refractivity contribution in [1.82, 2.24) is 19.9 Å². The summed E-state index contributed by atoms with van der Waals surface area (Å²) < 4.78 is 0. The van der Waals surface area contributed by atoms with Crippen molar-refractivity contribution in [2.24, 2.45) is 0 Å². The number of hydrogen-bond acceptors (Lipinski definition) is 4. The number of benzene rings is 2. The molecule has 4 rings (SSSR count). The molecule has 2 N–H and O–H groups in total. The number of para-hydroxylation sites is 2. The Morgan fingerprint density at radius 1 is 1.00 bits per heavy atom. The highest BCUT2D eigenvalue weighted by Crippen LogP contribution is 2.17. The molecule has 0 saturated carbocycles. The van der Waals surface area contributed by atoms with E-state index in [2.05, 4.69) is 15.0 Å². The minimum atomic E-state index is -0.345. The lowest BCUT2D eigenvalue weighted by Crippen LogP contribution is -2.29. The van der Waals surface area contributed by atoms with Crippen molar-refractivity contribution in [3.63, 3.8) is 0 Å². The molecule has 2 aromatic carbocycles. The van der Waals surface area contributed by atoms with Gasteiger partial charge in [-0.2, -0.15) is 0 Å². The molecule has 0 fully saturated rings. The fraction of sp³-hybridized carbons (Fsp3) is 0.100. The smallest absolute Gasteiger partial charge is 0.258 e. The molecule has 2 aromatic heterocycles. The molecule has 0 aliphatic carbocycles.